The van der Waals surface area contributed by atoms with Crippen molar-refractivity contribution < 1.29 is 27.9 Å². The Morgan fingerprint density at radius 3 is 2.08 bits per heavy atom. The van der Waals surface area contributed by atoms with Crippen molar-refractivity contribution in [3.63, 3.8) is 0 Å². The van der Waals surface area contributed by atoms with Gasteiger partial charge in [0.25, 0.3) is 11.2 Å². The zero-order valence-electron chi connectivity index (χ0n) is 22.1. The second-order valence-corrected chi connectivity index (χ2v) is 12.3. The lowest BCUT2D eigenvalue weighted by molar-refractivity contribution is -0.121. The lowest BCUT2D eigenvalue weighted by Gasteiger charge is -2.36. The Morgan fingerprint density at radius 2 is 1.56 bits per heavy atom. The van der Waals surface area contributed by atoms with E-state index in [2.05, 4.69) is 5.32 Å². The van der Waals surface area contributed by atoms with E-state index in [-0.39, 0.29) is 28.6 Å². The summed E-state index contributed by atoms with van der Waals surface area (Å²) < 4.78 is 33.0. The molecule has 3 aromatic carbocycles. The zero-order chi connectivity index (χ0) is 28.3. The average Bonchev–Trinajstić information content (AvgIpc) is 3.10. The predicted octanol–water partition coefficient (Wildman–Crippen LogP) is 7.29. The Balaban J connectivity index is 2.00. The van der Waals surface area contributed by atoms with Gasteiger partial charge in [0.1, 0.15) is 17.1 Å². The van der Waals surface area contributed by atoms with Crippen molar-refractivity contribution >= 4 is 36.9 Å². The van der Waals surface area contributed by atoms with Gasteiger partial charge >= 0.3 is 13.7 Å². The molecule has 4 rings (SSSR count). The van der Waals surface area contributed by atoms with Gasteiger partial charge in [0, 0.05) is 17.1 Å². The van der Waals surface area contributed by atoms with E-state index in [9.17, 15) is 9.59 Å². The monoisotopic (exact) mass is 568 g/mol. The van der Waals surface area contributed by atoms with Gasteiger partial charge in [-0.1, -0.05) is 60.2 Å². The number of alkyl carbamates (subject to hydrolysis) is 1. The largest absolute Gasteiger partial charge is 0.470 e. The van der Waals surface area contributed by atoms with Crippen molar-refractivity contribution in [1.29, 1.82) is 0 Å². The van der Waals surface area contributed by atoms with Gasteiger partial charge in [-0.05, 0) is 70.2 Å². The molecule has 0 saturated heterocycles. The number of ether oxygens (including phenoxy) is 1. The maximum Gasteiger partial charge on any atom is 0.470 e. The van der Waals surface area contributed by atoms with Crippen LogP contribution in [0.1, 0.15) is 33.3 Å². The number of hydrogen-bond acceptors (Lipinski definition) is 6. The highest BCUT2D eigenvalue weighted by Gasteiger charge is 2.68. The van der Waals surface area contributed by atoms with E-state index in [0.29, 0.717) is 5.69 Å². The zero-order valence-corrected chi connectivity index (χ0v) is 23.7. The van der Waals surface area contributed by atoms with Crippen LogP contribution in [0.5, 0.6) is 11.5 Å². The molecule has 2 amide bonds. The third kappa shape index (κ3) is 5.82. The number of allylic oxidation sites excluding steroid dienone is 1. The van der Waals surface area contributed by atoms with Crippen LogP contribution in [0.4, 0.5) is 10.5 Å². The van der Waals surface area contributed by atoms with Gasteiger partial charge in [-0.15, -0.1) is 0 Å². The van der Waals surface area contributed by atoms with Gasteiger partial charge in [-0.3, -0.25) is 10.1 Å². The molecule has 204 valence electrons. The summed E-state index contributed by atoms with van der Waals surface area (Å²) in [5.74, 6) is -0.380. The molecule has 0 radical (unpaired) electrons. The molecule has 1 N–H and O–H groups in total. The highest BCUT2D eigenvalue weighted by atomic mass is 35.5. The summed E-state index contributed by atoms with van der Waals surface area (Å²) in [6.45, 7) is 6.99. The van der Waals surface area contributed by atoms with Crippen LogP contribution >= 0.6 is 19.2 Å². The van der Waals surface area contributed by atoms with Gasteiger partial charge in [0.15, 0.2) is 0 Å². The highest BCUT2D eigenvalue weighted by Crippen LogP contribution is 2.67. The number of rotatable bonds is 8. The van der Waals surface area contributed by atoms with Crippen LogP contribution in [0.3, 0.4) is 0 Å². The Hall–Kier alpha value is -3.74. The minimum atomic E-state index is -4.72. The quantitative estimate of drug-likeness (QED) is 0.226. The SMILES string of the molecule is C/C=C/CN1C(=O)[C@](NC(=O)OC(C)(C)C)(P(=O)(Oc2ccccc2)Oc2ccccc2)c2cc(Cl)ccc21. The first-order valence-electron chi connectivity index (χ1n) is 12.3. The maximum absolute atomic E-state index is 15.3. The van der Waals surface area contributed by atoms with Gasteiger partial charge in [0.2, 0.25) is 0 Å². The third-order valence-electron chi connectivity index (χ3n) is 5.75. The molecule has 3 aromatic rings. The molecule has 1 aliphatic rings. The fraction of sp³-hybridized carbons (Fsp3) is 0.241. The van der Waals surface area contributed by atoms with E-state index in [1.807, 2.05) is 6.92 Å². The van der Waals surface area contributed by atoms with Crippen LogP contribution in [-0.4, -0.2) is 24.1 Å². The number of halogens is 1. The van der Waals surface area contributed by atoms with Crippen molar-refractivity contribution in [3.05, 3.63) is 102 Å². The van der Waals surface area contributed by atoms with Crippen molar-refractivity contribution in [2.45, 2.75) is 38.6 Å². The summed E-state index contributed by atoms with van der Waals surface area (Å²) in [6.07, 6.45) is 2.56. The van der Waals surface area contributed by atoms with E-state index < -0.39 is 30.5 Å². The van der Waals surface area contributed by atoms with E-state index in [1.54, 1.807) is 106 Å². The van der Waals surface area contributed by atoms with Crippen LogP contribution in [-0.2, 0) is 19.4 Å². The fourth-order valence-electron chi connectivity index (χ4n) is 4.15. The van der Waals surface area contributed by atoms with Gasteiger partial charge in [0.05, 0.1) is 5.69 Å². The number of carbonyl (C=O) groups excluding carboxylic acids is 2. The molecule has 0 fully saturated rings. The maximum atomic E-state index is 15.3. The lowest BCUT2D eigenvalue weighted by atomic mass is 10.1. The first-order valence-corrected chi connectivity index (χ1v) is 14.2. The Bertz CT molecular complexity index is 1380. The summed E-state index contributed by atoms with van der Waals surface area (Å²) in [5.41, 5.74) is -0.364. The molecule has 1 heterocycles. The van der Waals surface area contributed by atoms with E-state index in [0.717, 1.165) is 0 Å². The van der Waals surface area contributed by atoms with Crippen LogP contribution in [0, 0.1) is 0 Å². The normalized spacial score (nSPS) is 17.2. The van der Waals surface area contributed by atoms with Crippen LogP contribution in [0.15, 0.2) is 91.0 Å². The molecule has 10 heteroatoms. The summed E-state index contributed by atoms with van der Waals surface area (Å²) in [5, 5.41) is 0.537. The molecule has 0 bridgehead atoms. The first-order chi connectivity index (χ1) is 18.5. The minimum absolute atomic E-state index is 0.137. The summed E-state index contributed by atoms with van der Waals surface area (Å²) in [7, 11) is -4.72. The minimum Gasteiger partial charge on any atom is -0.444 e. The Kier molecular flexibility index (Phi) is 8.09. The van der Waals surface area contributed by atoms with Crippen molar-refractivity contribution in [1.82, 2.24) is 5.32 Å². The smallest absolute Gasteiger partial charge is 0.444 e. The van der Waals surface area contributed by atoms with Crippen LogP contribution in [0.2, 0.25) is 5.02 Å². The molecule has 0 unspecified atom stereocenters. The summed E-state index contributed by atoms with van der Waals surface area (Å²) in [6, 6.07) is 21.3. The lowest BCUT2D eigenvalue weighted by Crippen LogP contribution is -2.55. The van der Waals surface area contributed by atoms with Gasteiger partial charge in [-0.25, -0.2) is 9.36 Å². The number of hydrogen-bond donors (Lipinski definition) is 1. The topological polar surface area (TPSA) is 94.2 Å². The van der Waals surface area contributed by atoms with Gasteiger partial charge in [-0.2, -0.15) is 0 Å². The predicted molar refractivity (Wildman–Crippen MR) is 151 cm³/mol. The number of para-hydroxylation sites is 2. The number of fused-ring (bicyclic) bond motifs is 1. The summed E-state index contributed by atoms with van der Waals surface area (Å²) in [4.78, 5) is 29.2. The van der Waals surface area contributed by atoms with Crippen molar-refractivity contribution in [2.24, 2.45) is 0 Å². The Morgan fingerprint density at radius 1 is 1.00 bits per heavy atom. The molecule has 0 spiro atoms. The number of nitrogens with zero attached hydrogens (tertiary/aromatic N) is 1. The van der Waals surface area contributed by atoms with E-state index in [4.69, 9.17) is 25.4 Å². The molecular weight excluding hydrogens is 539 g/mol. The molecular formula is C29H30ClN2O6P. The van der Waals surface area contributed by atoms with Crippen molar-refractivity contribution in [3.8, 4) is 11.5 Å². The van der Waals surface area contributed by atoms with E-state index >= 15 is 4.57 Å². The fourth-order valence-corrected chi connectivity index (χ4v) is 6.49. The number of amides is 2. The average molecular weight is 569 g/mol. The second-order valence-electron chi connectivity index (χ2n) is 9.79. The molecule has 8 nitrogen and oxygen atoms in total. The van der Waals surface area contributed by atoms with Crippen LogP contribution < -0.4 is 19.3 Å². The number of benzene rings is 3. The first kappa shape index (κ1) is 28.3. The molecule has 1 atom stereocenters. The van der Waals surface area contributed by atoms with Crippen LogP contribution in [0.25, 0.3) is 0 Å². The molecule has 0 aromatic heterocycles. The molecule has 0 aliphatic carbocycles. The number of nitrogens with one attached hydrogen (secondary N) is 1. The standard InChI is InChI=1S/C29H30ClN2O6P/c1-5-6-19-32-25-18-17-21(30)20-24(25)29(26(32)33,31-27(34)36-28(2,3)4)39(35,37-22-13-9-7-10-14-22)38-23-15-11-8-12-16-23/h5-18,20H,19H2,1-4H3,(H,31,34)/b6-5+/t29-/m1/s1. The molecule has 39 heavy (non-hydrogen) atoms. The van der Waals surface area contributed by atoms with Crippen molar-refractivity contribution in [2.75, 3.05) is 11.4 Å². The molecule has 0 saturated carbocycles. The Labute approximate surface area is 233 Å². The summed E-state index contributed by atoms with van der Waals surface area (Å²) >= 11 is 6.40. The third-order valence-corrected chi connectivity index (χ3v) is 8.25. The number of anilines is 1. The van der Waals surface area contributed by atoms with E-state index in [1.165, 1.54) is 11.0 Å². The number of carbonyl (C=O) groups is 2. The second kappa shape index (κ2) is 11.2. The highest BCUT2D eigenvalue weighted by molar-refractivity contribution is 7.57. The molecule has 1 aliphatic heterocycles. The van der Waals surface area contributed by atoms with Gasteiger partial charge < -0.3 is 18.7 Å².